The number of rotatable bonds is 12. The van der Waals surface area contributed by atoms with Crippen molar-refractivity contribution < 1.29 is 74.9 Å². The fraction of sp³-hybridized carbons (Fsp3) is 0.286. The van der Waals surface area contributed by atoms with Crippen molar-refractivity contribution in [3.63, 3.8) is 0 Å². The van der Waals surface area contributed by atoms with Crippen molar-refractivity contribution in [3.8, 4) is 17.6 Å². The number of aromatic nitrogens is 2. The molecule has 0 spiro atoms. The molecule has 0 saturated carbocycles. The summed E-state index contributed by atoms with van der Waals surface area (Å²) < 4.78 is 104. The topological polar surface area (TPSA) is 267 Å². The summed E-state index contributed by atoms with van der Waals surface area (Å²) in [5.74, 6) is 1.28. The molecule has 24 heteroatoms. The zero-order valence-corrected chi connectivity index (χ0v) is 28.6. The normalized spacial score (nSPS) is 18.6. The smallest absolute Gasteiger partial charge is 0.335 e. The molecule has 2 heterocycles. The number of hydrogen-bond donors (Lipinski definition) is 5. The number of nitrogens with zero attached hydrogens (tertiary/aromatic N) is 1. The molecule has 4 atom stereocenters. The van der Waals surface area contributed by atoms with Gasteiger partial charge in [0.05, 0.1) is 0 Å². The second kappa shape index (κ2) is 16.0. The predicted octanol–water partition coefficient (Wildman–Crippen LogP) is 2.75. The molecule has 1 saturated heterocycles. The molecule has 1 aliphatic heterocycles. The second-order valence-electron chi connectivity index (χ2n) is 10.7. The van der Waals surface area contributed by atoms with Crippen LogP contribution >= 0.6 is 21.4 Å². The number of H-pyrrole nitrogens is 1. The van der Waals surface area contributed by atoms with Gasteiger partial charge in [-0.05, 0) is 11.6 Å². The number of ether oxygens (including phenoxy) is 2. The van der Waals surface area contributed by atoms with E-state index in [2.05, 4.69) is 21.0 Å². The van der Waals surface area contributed by atoms with Crippen LogP contribution in [0.4, 0.5) is 13.2 Å². The van der Waals surface area contributed by atoms with Gasteiger partial charge in [0.15, 0.2) is 0 Å². The molecule has 1 unspecified atom stereocenters. The van der Waals surface area contributed by atoms with Crippen LogP contribution in [0.1, 0.15) is 29.3 Å². The third-order valence-corrected chi connectivity index (χ3v) is 16.3. The van der Waals surface area contributed by atoms with Gasteiger partial charge in [0.25, 0.3) is 0 Å². The van der Waals surface area contributed by atoms with Crippen LogP contribution < -0.4 is 21.3 Å². The van der Waals surface area contributed by atoms with Crippen molar-refractivity contribution in [2.45, 2.75) is 43.5 Å². The summed E-state index contributed by atoms with van der Waals surface area (Å²) >= 11 is 0. The zero-order valence-electron chi connectivity index (χ0n) is 25.9. The SMILES string of the molecule is O=C(Oc1cccc(C#Cc2cn([C@H]3C[C@H](O)[C@@H](COP(O)(OO)(P(=O)=O)P(=O)=O)O3)c(=O)[nH]c2=O)c1)C(Cc1ccccc1)NC(=O)C(F)(F)F. The minimum absolute atomic E-state index is 0.107. The predicted molar refractivity (Wildman–Crippen MR) is 167 cm³/mol. The molecule has 278 valence electrons. The van der Waals surface area contributed by atoms with Crippen LogP contribution in [0.5, 0.6) is 5.75 Å². The van der Waals surface area contributed by atoms with E-state index in [0.29, 0.717) is 5.56 Å². The van der Waals surface area contributed by atoms with Crippen LogP contribution in [-0.2, 0) is 48.2 Å². The van der Waals surface area contributed by atoms with E-state index in [4.69, 9.17) is 14.7 Å². The van der Waals surface area contributed by atoms with Crippen molar-refractivity contribution in [2.75, 3.05) is 6.61 Å². The Morgan fingerprint density at radius 3 is 2.37 bits per heavy atom. The minimum atomic E-state index is -6.68. The monoisotopic (exact) mass is 793 g/mol. The average molecular weight is 793 g/mol. The molecule has 1 fully saturated rings. The van der Waals surface area contributed by atoms with E-state index in [0.717, 1.165) is 10.8 Å². The molecule has 52 heavy (non-hydrogen) atoms. The Kier molecular flexibility index (Phi) is 12.3. The van der Waals surface area contributed by atoms with Crippen LogP contribution in [0.25, 0.3) is 0 Å². The molecular formula is C28H25F3N3O15P3. The third kappa shape index (κ3) is 9.06. The number of alkyl halides is 3. The first-order valence-electron chi connectivity index (χ1n) is 14.3. The van der Waals surface area contributed by atoms with Gasteiger partial charge in [-0.2, -0.15) is 13.2 Å². The first-order valence-corrected chi connectivity index (χ1v) is 20.1. The van der Waals surface area contributed by atoms with E-state index >= 15 is 0 Å². The number of benzene rings is 2. The maximum atomic E-state index is 13.0. The molecule has 18 nitrogen and oxygen atoms in total. The number of amides is 1. The fourth-order valence-electron chi connectivity index (χ4n) is 4.51. The first kappa shape index (κ1) is 40.2. The zero-order chi connectivity index (χ0) is 38.5. The molecule has 4 rings (SSSR count). The Balaban J connectivity index is 1.52. The molecule has 0 bridgehead atoms. The summed E-state index contributed by atoms with van der Waals surface area (Å²) in [7, 11) is -8.90. The Hall–Kier alpha value is -4.60. The molecule has 0 aliphatic carbocycles. The fourth-order valence-corrected chi connectivity index (χ4v) is 8.15. The van der Waals surface area contributed by atoms with Gasteiger partial charge < -0.3 is 10.1 Å². The van der Waals surface area contributed by atoms with Gasteiger partial charge in [-0.15, -0.1) is 0 Å². The van der Waals surface area contributed by atoms with Crippen LogP contribution in [-0.4, -0.2) is 67.7 Å². The third-order valence-electron chi connectivity index (χ3n) is 7.17. The van der Waals surface area contributed by atoms with E-state index in [9.17, 15) is 60.6 Å². The summed E-state index contributed by atoms with van der Waals surface area (Å²) in [6.45, 7) is -7.84. The minimum Gasteiger partial charge on any atom is -0.335 e. The van der Waals surface area contributed by atoms with E-state index in [1.54, 1.807) is 23.5 Å². The number of aliphatic hydroxyl groups is 1. The van der Waals surface area contributed by atoms with E-state index in [1.807, 2.05) is 4.98 Å². The maximum absolute atomic E-state index is 13.0. The number of halogens is 3. The molecule has 5 N–H and O–H groups in total. The Morgan fingerprint density at radius 1 is 1.08 bits per heavy atom. The number of carbonyl (C=O) groups is 2. The van der Waals surface area contributed by atoms with Gasteiger partial charge >= 0.3 is 190 Å². The molecule has 1 aliphatic rings. The van der Waals surface area contributed by atoms with Crippen molar-refractivity contribution >= 4 is 33.3 Å². The van der Waals surface area contributed by atoms with Gasteiger partial charge in [-0.3, -0.25) is 4.79 Å². The summed E-state index contributed by atoms with van der Waals surface area (Å²) in [6, 6.07) is 11.3. The summed E-state index contributed by atoms with van der Waals surface area (Å²) in [4.78, 5) is 61.7. The number of hydrogen-bond acceptors (Lipinski definition) is 15. The molecule has 1 aromatic heterocycles. The van der Waals surface area contributed by atoms with Crippen LogP contribution in [0, 0.1) is 11.8 Å². The summed E-state index contributed by atoms with van der Waals surface area (Å²) in [6.07, 6.45) is -9.64. The first-order chi connectivity index (χ1) is 24.3. The number of nitrogens with one attached hydrogen (secondary N) is 2. The van der Waals surface area contributed by atoms with Gasteiger partial charge in [0.1, 0.15) is 11.8 Å². The van der Waals surface area contributed by atoms with Gasteiger partial charge in [0, 0.05) is 6.42 Å². The molecule has 3 aromatic rings. The van der Waals surface area contributed by atoms with Crippen LogP contribution in [0.3, 0.4) is 0 Å². The molecule has 0 radical (unpaired) electrons. The summed E-state index contributed by atoms with van der Waals surface area (Å²) in [5, 5.41) is 20.9. The van der Waals surface area contributed by atoms with Crippen molar-refractivity contribution in [2.24, 2.45) is 0 Å². The van der Waals surface area contributed by atoms with Gasteiger partial charge in [-0.1, -0.05) is 36.4 Å². The van der Waals surface area contributed by atoms with E-state index < -0.39 is 88.2 Å². The number of carbonyl (C=O) groups excluding carboxylic acids is 2. The van der Waals surface area contributed by atoms with Crippen molar-refractivity contribution in [3.05, 3.63) is 98.3 Å². The molecular weight excluding hydrogens is 768 g/mol. The van der Waals surface area contributed by atoms with Crippen LogP contribution in [0.2, 0.25) is 0 Å². The van der Waals surface area contributed by atoms with E-state index in [-0.39, 0.29) is 23.3 Å². The Morgan fingerprint density at radius 2 is 1.75 bits per heavy atom. The van der Waals surface area contributed by atoms with Crippen LogP contribution in [0.15, 0.2) is 70.4 Å². The Labute approximate surface area is 289 Å². The molecule has 1 amide bonds. The second-order valence-corrected chi connectivity index (χ2v) is 20.9. The summed E-state index contributed by atoms with van der Waals surface area (Å²) in [5.41, 5.74) is -1.85. The Bertz CT molecular complexity index is 2140. The quantitative estimate of drug-likeness (QED) is 0.0441. The average Bonchev–Trinajstić information content (AvgIpc) is 3.46. The number of esters is 1. The number of aromatic amines is 1. The standard InChI is InChI=1S/C28H25F3N3O15P3/c29-28(30,31)26(38)32-20(12-16-5-2-1-3-6-16)25(37)47-19-8-4-7-17(11-19)9-10-18-14-34(27(39)33-24(18)36)23-13-21(35)22(48-23)15-46-52(45,49-40,50(41)42)51(43)44/h1-8,11,14,20-23,35,40,45H,12-13,15H2,(H,32,38)(H,33,36,39)/t20?,21-,22+,23+/m0/s1. The van der Waals surface area contributed by atoms with Gasteiger partial charge in [-0.25, -0.2) is 4.79 Å². The van der Waals surface area contributed by atoms with Gasteiger partial charge in [0.2, 0.25) is 0 Å². The van der Waals surface area contributed by atoms with Crippen molar-refractivity contribution in [1.29, 1.82) is 0 Å². The van der Waals surface area contributed by atoms with Crippen molar-refractivity contribution in [1.82, 2.24) is 14.9 Å². The molecule has 2 aromatic carbocycles. The number of aliphatic hydroxyl groups excluding tert-OH is 1. The van der Waals surface area contributed by atoms with E-state index in [1.165, 1.54) is 36.4 Å².